The molecule has 2 aliphatic rings. The third-order valence-corrected chi connectivity index (χ3v) is 4.46. The van der Waals surface area contributed by atoms with E-state index >= 15 is 0 Å². The minimum absolute atomic E-state index is 0.331. The normalized spacial score (nSPS) is 32.2. The second-order valence-electron chi connectivity index (χ2n) is 6.33. The average molecular weight is 210 g/mol. The van der Waals surface area contributed by atoms with Crippen LogP contribution in [-0.2, 0) is 0 Å². The maximum atomic E-state index is 5.76. The van der Waals surface area contributed by atoms with Gasteiger partial charge in [-0.25, -0.2) is 0 Å². The van der Waals surface area contributed by atoms with Gasteiger partial charge in [-0.3, -0.25) is 0 Å². The predicted molar refractivity (Wildman–Crippen MR) is 64.7 cm³/mol. The molecule has 1 saturated heterocycles. The molecule has 2 atom stereocenters. The summed E-state index contributed by atoms with van der Waals surface area (Å²) in [6, 6.07) is 0. The molecular formula is C13H26N2. The van der Waals surface area contributed by atoms with Crippen LogP contribution in [0.15, 0.2) is 0 Å². The topological polar surface area (TPSA) is 29.3 Å². The highest BCUT2D eigenvalue weighted by molar-refractivity contribution is 4.88. The quantitative estimate of drug-likeness (QED) is 0.770. The Morgan fingerprint density at radius 1 is 1.20 bits per heavy atom. The van der Waals surface area contributed by atoms with Gasteiger partial charge in [-0.1, -0.05) is 20.3 Å². The highest BCUT2D eigenvalue weighted by Crippen LogP contribution is 2.38. The van der Waals surface area contributed by atoms with Crippen molar-refractivity contribution >= 4 is 0 Å². The Labute approximate surface area is 94.2 Å². The highest BCUT2D eigenvalue weighted by Gasteiger charge is 2.36. The maximum absolute atomic E-state index is 5.76. The van der Waals surface area contributed by atoms with Crippen molar-refractivity contribution < 1.29 is 0 Å². The first-order chi connectivity index (χ1) is 7.11. The van der Waals surface area contributed by atoms with Crippen molar-refractivity contribution in [1.82, 2.24) is 4.90 Å². The van der Waals surface area contributed by atoms with Crippen LogP contribution in [-0.4, -0.2) is 31.1 Å². The molecule has 2 fully saturated rings. The average Bonchev–Trinajstić information content (AvgIpc) is 2.74. The van der Waals surface area contributed by atoms with Crippen LogP contribution in [0.3, 0.4) is 0 Å². The first-order valence-electron chi connectivity index (χ1n) is 6.53. The largest absolute Gasteiger partial charge is 0.330 e. The maximum Gasteiger partial charge on any atom is 0.00129 e. The van der Waals surface area contributed by atoms with Crippen LogP contribution < -0.4 is 5.73 Å². The first-order valence-corrected chi connectivity index (χ1v) is 6.53. The van der Waals surface area contributed by atoms with Crippen molar-refractivity contribution in [2.45, 2.75) is 39.5 Å². The Morgan fingerprint density at radius 3 is 2.33 bits per heavy atom. The van der Waals surface area contributed by atoms with Gasteiger partial charge in [0.15, 0.2) is 0 Å². The van der Waals surface area contributed by atoms with E-state index in [0.29, 0.717) is 5.41 Å². The van der Waals surface area contributed by atoms with Crippen molar-refractivity contribution in [2.75, 3.05) is 26.2 Å². The molecule has 1 aliphatic heterocycles. The Bertz CT molecular complexity index is 201. The SMILES string of the molecule is CC(C)(CN)CCN1CC2CCCC2C1. The third kappa shape index (κ3) is 2.73. The number of fused-ring (bicyclic) bond motifs is 1. The van der Waals surface area contributed by atoms with Gasteiger partial charge in [-0.05, 0) is 49.6 Å². The van der Waals surface area contributed by atoms with Crippen LogP contribution in [0.1, 0.15) is 39.5 Å². The fourth-order valence-corrected chi connectivity index (χ4v) is 3.08. The monoisotopic (exact) mass is 210 g/mol. The summed E-state index contributed by atoms with van der Waals surface area (Å²) in [6.45, 7) is 9.37. The fraction of sp³-hybridized carbons (Fsp3) is 1.00. The number of hydrogen-bond donors (Lipinski definition) is 1. The molecule has 0 bridgehead atoms. The lowest BCUT2D eigenvalue weighted by Crippen LogP contribution is -2.31. The van der Waals surface area contributed by atoms with Gasteiger partial charge < -0.3 is 10.6 Å². The van der Waals surface area contributed by atoms with Gasteiger partial charge in [0.1, 0.15) is 0 Å². The molecule has 2 N–H and O–H groups in total. The van der Waals surface area contributed by atoms with Gasteiger partial charge in [0.2, 0.25) is 0 Å². The Morgan fingerprint density at radius 2 is 1.80 bits per heavy atom. The van der Waals surface area contributed by atoms with E-state index in [4.69, 9.17) is 5.73 Å². The van der Waals surface area contributed by atoms with Crippen LogP contribution >= 0.6 is 0 Å². The Hall–Kier alpha value is -0.0800. The molecule has 2 nitrogen and oxygen atoms in total. The summed E-state index contributed by atoms with van der Waals surface area (Å²) in [5.41, 5.74) is 6.10. The predicted octanol–water partition coefficient (Wildman–Crippen LogP) is 2.09. The number of nitrogens with zero attached hydrogens (tertiary/aromatic N) is 1. The number of rotatable bonds is 4. The summed E-state index contributed by atoms with van der Waals surface area (Å²) in [5, 5.41) is 0. The lowest BCUT2D eigenvalue weighted by atomic mass is 9.89. The van der Waals surface area contributed by atoms with Crippen molar-refractivity contribution in [3.8, 4) is 0 Å². The van der Waals surface area contributed by atoms with Crippen molar-refractivity contribution in [2.24, 2.45) is 23.0 Å². The smallest absolute Gasteiger partial charge is 0.00129 e. The molecule has 88 valence electrons. The molecule has 1 aliphatic carbocycles. The van der Waals surface area contributed by atoms with E-state index in [1.807, 2.05) is 0 Å². The van der Waals surface area contributed by atoms with Gasteiger partial charge >= 0.3 is 0 Å². The molecule has 2 heteroatoms. The molecule has 15 heavy (non-hydrogen) atoms. The van der Waals surface area contributed by atoms with Crippen LogP contribution in [0.25, 0.3) is 0 Å². The summed E-state index contributed by atoms with van der Waals surface area (Å²) in [4.78, 5) is 2.67. The number of likely N-dealkylation sites (tertiary alicyclic amines) is 1. The van der Waals surface area contributed by atoms with Crippen molar-refractivity contribution in [3.05, 3.63) is 0 Å². The van der Waals surface area contributed by atoms with E-state index in [2.05, 4.69) is 18.7 Å². The molecule has 0 spiro atoms. The van der Waals surface area contributed by atoms with Gasteiger partial charge in [-0.2, -0.15) is 0 Å². The molecule has 1 heterocycles. The molecule has 2 unspecified atom stereocenters. The molecule has 0 aromatic rings. The van der Waals surface area contributed by atoms with Crippen LogP contribution in [0.4, 0.5) is 0 Å². The number of hydrogen-bond acceptors (Lipinski definition) is 2. The molecule has 0 aromatic heterocycles. The highest BCUT2D eigenvalue weighted by atomic mass is 15.2. The van der Waals surface area contributed by atoms with Crippen LogP contribution in [0.5, 0.6) is 0 Å². The van der Waals surface area contributed by atoms with Gasteiger partial charge in [-0.15, -0.1) is 0 Å². The summed E-state index contributed by atoms with van der Waals surface area (Å²) in [7, 11) is 0. The molecule has 2 rings (SSSR count). The fourth-order valence-electron chi connectivity index (χ4n) is 3.08. The van der Waals surface area contributed by atoms with E-state index < -0.39 is 0 Å². The standard InChI is InChI=1S/C13H26N2/c1-13(2,10-14)6-7-15-8-11-4-3-5-12(11)9-15/h11-12H,3-10,14H2,1-2H3. The van der Waals surface area contributed by atoms with Gasteiger partial charge in [0.25, 0.3) is 0 Å². The Balaban J connectivity index is 1.73. The zero-order valence-electron chi connectivity index (χ0n) is 10.3. The first kappa shape index (κ1) is 11.4. The molecule has 0 aromatic carbocycles. The van der Waals surface area contributed by atoms with Crippen molar-refractivity contribution in [3.63, 3.8) is 0 Å². The lowest BCUT2D eigenvalue weighted by molar-refractivity contribution is 0.242. The summed E-state index contributed by atoms with van der Waals surface area (Å²) in [6.07, 6.45) is 5.71. The minimum atomic E-state index is 0.331. The lowest BCUT2D eigenvalue weighted by Gasteiger charge is -2.26. The summed E-state index contributed by atoms with van der Waals surface area (Å²) in [5.74, 6) is 2.07. The molecular weight excluding hydrogens is 184 g/mol. The summed E-state index contributed by atoms with van der Waals surface area (Å²) >= 11 is 0. The van der Waals surface area contributed by atoms with Crippen LogP contribution in [0.2, 0.25) is 0 Å². The second-order valence-corrected chi connectivity index (χ2v) is 6.33. The van der Waals surface area contributed by atoms with E-state index in [0.717, 1.165) is 18.4 Å². The third-order valence-electron chi connectivity index (χ3n) is 4.46. The zero-order valence-corrected chi connectivity index (χ0v) is 10.3. The minimum Gasteiger partial charge on any atom is -0.330 e. The van der Waals surface area contributed by atoms with E-state index in [9.17, 15) is 0 Å². The van der Waals surface area contributed by atoms with Gasteiger partial charge in [0.05, 0.1) is 0 Å². The van der Waals surface area contributed by atoms with E-state index in [1.54, 1.807) is 0 Å². The van der Waals surface area contributed by atoms with E-state index in [1.165, 1.54) is 45.3 Å². The molecule has 1 saturated carbocycles. The number of nitrogens with two attached hydrogens (primary N) is 1. The summed E-state index contributed by atoms with van der Waals surface area (Å²) < 4.78 is 0. The zero-order chi connectivity index (χ0) is 10.9. The van der Waals surface area contributed by atoms with E-state index in [-0.39, 0.29) is 0 Å². The van der Waals surface area contributed by atoms with Gasteiger partial charge in [0, 0.05) is 13.1 Å². The van der Waals surface area contributed by atoms with Crippen LogP contribution in [0, 0.1) is 17.3 Å². The van der Waals surface area contributed by atoms with Crippen molar-refractivity contribution in [1.29, 1.82) is 0 Å². The molecule has 0 amide bonds. The second kappa shape index (κ2) is 4.42. The molecule has 0 radical (unpaired) electrons. The Kier molecular flexibility index (Phi) is 3.36.